The molecule has 0 aromatic carbocycles. The van der Waals surface area contributed by atoms with E-state index in [-0.39, 0.29) is 5.91 Å². The minimum Gasteiger partial charge on any atom is -0.351 e. The highest BCUT2D eigenvalue weighted by atomic mass is 16.2. The minimum absolute atomic E-state index is 0.280. The molecule has 1 amide bonds. The van der Waals surface area contributed by atoms with Crippen LogP contribution < -0.4 is 10.6 Å². The molecular weight excluding hydrogens is 140 g/mol. The van der Waals surface area contributed by atoms with E-state index in [4.69, 9.17) is 0 Å². The van der Waals surface area contributed by atoms with Crippen LogP contribution in [-0.4, -0.2) is 25.0 Å². The second kappa shape index (κ2) is 2.81. The van der Waals surface area contributed by atoms with Gasteiger partial charge in [-0.15, -0.1) is 0 Å². The Morgan fingerprint density at radius 2 is 2.09 bits per heavy atom. The van der Waals surface area contributed by atoms with Gasteiger partial charge >= 0.3 is 0 Å². The first-order valence-corrected chi connectivity index (χ1v) is 4.37. The van der Waals surface area contributed by atoms with Gasteiger partial charge in [-0.2, -0.15) is 0 Å². The van der Waals surface area contributed by atoms with Gasteiger partial charge in [0.2, 0.25) is 5.91 Å². The molecule has 0 unspecified atom stereocenters. The maximum absolute atomic E-state index is 11.3. The Balaban J connectivity index is 1.71. The lowest BCUT2D eigenvalue weighted by molar-refractivity contribution is -0.128. The normalized spacial score (nSPS) is 25.5. The Morgan fingerprint density at radius 3 is 2.45 bits per heavy atom. The summed E-state index contributed by atoms with van der Waals surface area (Å²) in [6.45, 7) is 1.91. The summed E-state index contributed by atoms with van der Waals surface area (Å²) < 4.78 is 0. The van der Waals surface area contributed by atoms with E-state index in [1.165, 1.54) is 6.42 Å². The van der Waals surface area contributed by atoms with Crippen molar-refractivity contribution in [3.63, 3.8) is 0 Å². The fourth-order valence-electron chi connectivity index (χ4n) is 1.38. The number of hydrogen-bond acceptors (Lipinski definition) is 2. The summed E-state index contributed by atoms with van der Waals surface area (Å²) in [4.78, 5) is 11.3. The van der Waals surface area contributed by atoms with E-state index in [1.807, 2.05) is 0 Å². The predicted octanol–water partition coefficient (Wildman–Crippen LogP) is -0.126. The predicted molar refractivity (Wildman–Crippen MR) is 42.1 cm³/mol. The summed E-state index contributed by atoms with van der Waals surface area (Å²) in [6, 6.07) is 0.420. The highest BCUT2D eigenvalue weighted by Gasteiger charge is 2.28. The third-order valence-corrected chi connectivity index (χ3v) is 2.60. The summed E-state index contributed by atoms with van der Waals surface area (Å²) in [6.07, 6.45) is 3.44. The van der Waals surface area contributed by atoms with E-state index in [1.54, 1.807) is 0 Å². The average Bonchev–Trinajstić information content (AvgIpc) is 1.74. The van der Waals surface area contributed by atoms with E-state index in [2.05, 4.69) is 10.6 Å². The van der Waals surface area contributed by atoms with Gasteiger partial charge in [0, 0.05) is 19.0 Å². The van der Waals surface area contributed by atoms with Crippen LogP contribution in [0.2, 0.25) is 0 Å². The first kappa shape index (κ1) is 7.10. The van der Waals surface area contributed by atoms with Gasteiger partial charge in [-0.3, -0.25) is 4.79 Å². The SMILES string of the molecule is O=C(NC1CNC1)C1CCC1. The van der Waals surface area contributed by atoms with Crippen LogP contribution in [0.15, 0.2) is 0 Å². The van der Waals surface area contributed by atoms with Gasteiger partial charge in [0.1, 0.15) is 0 Å². The maximum Gasteiger partial charge on any atom is 0.223 e. The quantitative estimate of drug-likeness (QED) is 0.582. The van der Waals surface area contributed by atoms with Crippen molar-refractivity contribution in [3.8, 4) is 0 Å². The van der Waals surface area contributed by atoms with E-state index in [0.717, 1.165) is 25.9 Å². The zero-order valence-electron chi connectivity index (χ0n) is 6.60. The van der Waals surface area contributed by atoms with Crippen LogP contribution in [0.4, 0.5) is 0 Å². The molecule has 1 aliphatic heterocycles. The van der Waals surface area contributed by atoms with Crippen LogP contribution in [0.1, 0.15) is 19.3 Å². The second-order valence-electron chi connectivity index (χ2n) is 3.49. The molecule has 11 heavy (non-hydrogen) atoms. The van der Waals surface area contributed by atoms with Crippen molar-refractivity contribution < 1.29 is 4.79 Å². The van der Waals surface area contributed by atoms with Gasteiger partial charge in [-0.1, -0.05) is 6.42 Å². The van der Waals surface area contributed by atoms with Gasteiger partial charge in [-0.25, -0.2) is 0 Å². The Hall–Kier alpha value is -0.570. The van der Waals surface area contributed by atoms with Crippen LogP contribution >= 0.6 is 0 Å². The highest BCUT2D eigenvalue weighted by molar-refractivity contribution is 5.79. The van der Waals surface area contributed by atoms with Gasteiger partial charge in [0.15, 0.2) is 0 Å². The van der Waals surface area contributed by atoms with Crippen LogP contribution in [-0.2, 0) is 4.79 Å². The van der Waals surface area contributed by atoms with Crippen molar-refractivity contribution >= 4 is 5.91 Å². The maximum atomic E-state index is 11.3. The lowest BCUT2D eigenvalue weighted by Gasteiger charge is -2.32. The second-order valence-corrected chi connectivity index (χ2v) is 3.49. The number of carbonyl (C=O) groups is 1. The lowest BCUT2D eigenvalue weighted by Crippen LogP contribution is -2.58. The molecule has 0 aromatic rings. The number of amides is 1. The molecule has 2 rings (SSSR count). The lowest BCUT2D eigenvalue weighted by atomic mass is 9.84. The number of hydrogen-bond donors (Lipinski definition) is 2. The monoisotopic (exact) mass is 154 g/mol. The molecular formula is C8H14N2O. The molecule has 0 bridgehead atoms. The summed E-state index contributed by atoms with van der Waals surface area (Å²) in [7, 11) is 0. The largest absolute Gasteiger partial charge is 0.351 e. The van der Waals surface area contributed by atoms with Crippen molar-refractivity contribution in [1.29, 1.82) is 0 Å². The zero-order chi connectivity index (χ0) is 7.68. The van der Waals surface area contributed by atoms with E-state index >= 15 is 0 Å². The number of carbonyl (C=O) groups excluding carboxylic acids is 1. The topological polar surface area (TPSA) is 41.1 Å². The Labute approximate surface area is 66.5 Å². The third-order valence-electron chi connectivity index (χ3n) is 2.60. The smallest absolute Gasteiger partial charge is 0.223 e. The van der Waals surface area contributed by atoms with Crippen molar-refractivity contribution in [2.45, 2.75) is 25.3 Å². The fraction of sp³-hybridized carbons (Fsp3) is 0.875. The van der Waals surface area contributed by atoms with Crippen LogP contribution in [0.5, 0.6) is 0 Å². The first-order chi connectivity index (χ1) is 5.36. The zero-order valence-corrected chi connectivity index (χ0v) is 6.60. The van der Waals surface area contributed by atoms with Crippen LogP contribution in [0, 0.1) is 5.92 Å². The standard InChI is InChI=1S/C8H14N2O/c11-8(6-2-1-3-6)10-7-4-9-5-7/h6-7,9H,1-5H2,(H,10,11). The molecule has 0 aromatic heterocycles. The van der Waals surface area contributed by atoms with E-state index < -0.39 is 0 Å². The third kappa shape index (κ3) is 1.38. The highest BCUT2D eigenvalue weighted by Crippen LogP contribution is 2.26. The molecule has 0 spiro atoms. The minimum atomic E-state index is 0.280. The number of nitrogens with one attached hydrogen (secondary N) is 2. The summed E-state index contributed by atoms with van der Waals surface area (Å²) in [5, 5.41) is 6.14. The van der Waals surface area contributed by atoms with Crippen molar-refractivity contribution in [2.75, 3.05) is 13.1 Å². The van der Waals surface area contributed by atoms with Crippen molar-refractivity contribution in [2.24, 2.45) is 5.92 Å². The molecule has 3 nitrogen and oxygen atoms in total. The summed E-state index contributed by atoms with van der Waals surface area (Å²) in [5.41, 5.74) is 0. The average molecular weight is 154 g/mol. The molecule has 3 heteroatoms. The number of rotatable bonds is 2. The molecule has 1 saturated heterocycles. The van der Waals surface area contributed by atoms with Crippen molar-refractivity contribution in [1.82, 2.24) is 10.6 Å². The van der Waals surface area contributed by atoms with Crippen molar-refractivity contribution in [3.05, 3.63) is 0 Å². The Morgan fingerprint density at radius 1 is 1.36 bits per heavy atom. The Kier molecular flexibility index (Phi) is 1.82. The molecule has 1 saturated carbocycles. The van der Waals surface area contributed by atoms with Gasteiger partial charge in [0.25, 0.3) is 0 Å². The molecule has 2 fully saturated rings. The van der Waals surface area contributed by atoms with Crippen LogP contribution in [0.25, 0.3) is 0 Å². The Bertz CT molecular complexity index is 161. The summed E-state index contributed by atoms with van der Waals surface area (Å²) in [5.74, 6) is 0.623. The van der Waals surface area contributed by atoms with Gasteiger partial charge in [-0.05, 0) is 12.8 Å². The van der Waals surface area contributed by atoms with E-state index in [0.29, 0.717) is 12.0 Å². The molecule has 1 heterocycles. The molecule has 1 aliphatic carbocycles. The summed E-state index contributed by atoms with van der Waals surface area (Å²) >= 11 is 0. The first-order valence-electron chi connectivity index (χ1n) is 4.37. The van der Waals surface area contributed by atoms with Crippen LogP contribution in [0.3, 0.4) is 0 Å². The molecule has 62 valence electrons. The van der Waals surface area contributed by atoms with E-state index in [9.17, 15) is 4.79 Å². The molecule has 2 aliphatic rings. The molecule has 0 atom stereocenters. The molecule has 2 N–H and O–H groups in total. The fourth-order valence-corrected chi connectivity index (χ4v) is 1.38. The van der Waals surface area contributed by atoms with Gasteiger partial charge in [0.05, 0.1) is 6.04 Å². The van der Waals surface area contributed by atoms with Gasteiger partial charge < -0.3 is 10.6 Å². The molecule has 0 radical (unpaired) electrons.